The van der Waals surface area contributed by atoms with E-state index in [0.717, 1.165) is 17.2 Å². The summed E-state index contributed by atoms with van der Waals surface area (Å²) in [5, 5.41) is 18.4. The van der Waals surface area contributed by atoms with E-state index in [1.165, 1.54) is 0 Å². The number of hydrogen-bond acceptors (Lipinski definition) is 4. The molecule has 0 radical (unpaired) electrons. The fourth-order valence-corrected chi connectivity index (χ4v) is 3.06. The van der Waals surface area contributed by atoms with E-state index in [0.29, 0.717) is 24.3 Å². The van der Waals surface area contributed by atoms with Crippen LogP contribution in [-0.4, -0.2) is 22.0 Å². The molecule has 3 aromatic rings. The van der Waals surface area contributed by atoms with Crippen molar-refractivity contribution >= 4 is 17.4 Å². The zero-order valence-corrected chi connectivity index (χ0v) is 15.7. The average molecular weight is 387 g/mol. The lowest BCUT2D eigenvalue weighted by molar-refractivity contribution is -0.135. The summed E-state index contributed by atoms with van der Waals surface area (Å²) in [6, 6.07) is 26.8. The van der Waals surface area contributed by atoms with E-state index in [1.54, 1.807) is 12.1 Å². The molecule has 5 heteroatoms. The van der Waals surface area contributed by atoms with Crippen LogP contribution in [0.1, 0.15) is 21.5 Å². The van der Waals surface area contributed by atoms with Gasteiger partial charge in [-0.1, -0.05) is 72.8 Å². The molecule has 0 saturated heterocycles. The number of aliphatic hydroxyl groups excluding tert-OH is 1. The van der Waals surface area contributed by atoms with Crippen molar-refractivity contribution in [2.75, 3.05) is 4.90 Å². The van der Waals surface area contributed by atoms with Gasteiger partial charge in [0.15, 0.2) is 5.78 Å². The number of aliphatic carboxylic acids is 1. The van der Waals surface area contributed by atoms with Crippen molar-refractivity contribution < 1.29 is 19.8 Å². The number of carbonyl (C=O) groups is 2. The van der Waals surface area contributed by atoms with Crippen LogP contribution in [0.3, 0.4) is 0 Å². The minimum Gasteiger partial charge on any atom is -0.502 e. The second kappa shape index (κ2) is 9.37. The maximum atomic E-state index is 12.7. The number of carboxylic acid groups (broad SMARTS) is 1. The Hall–Kier alpha value is -3.86. The van der Waals surface area contributed by atoms with E-state index in [2.05, 4.69) is 4.90 Å². The number of allylic oxidation sites excluding steroid dienone is 1. The lowest BCUT2D eigenvalue weighted by Gasteiger charge is -2.27. The van der Waals surface area contributed by atoms with Crippen LogP contribution in [0.5, 0.6) is 0 Å². The summed E-state index contributed by atoms with van der Waals surface area (Å²) in [5.41, 5.74) is 3.15. The van der Waals surface area contributed by atoms with Gasteiger partial charge in [-0.25, -0.2) is 4.79 Å². The highest BCUT2D eigenvalue weighted by atomic mass is 16.4. The van der Waals surface area contributed by atoms with Crippen LogP contribution in [0.15, 0.2) is 96.8 Å². The number of ketones is 1. The Balaban J connectivity index is 2.00. The zero-order valence-electron chi connectivity index (χ0n) is 15.7. The maximum absolute atomic E-state index is 12.7. The van der Waals surface area contributed by atoms with E-state index >= 15 is 0 Å². The fourth-order valence-electron chi connectivity index (χ4n) is 3.06. The summed E-state index contributed by atoms with van der Waals surface area (Å²) in [5.74, 6) is -3.09. The Labute approximate surface area is 169 Å². The molecule has 3 aromatic carbocycles. The summed E-state index contributed by atoms with van der Waals surface area (Å²) in [4.78, 5) is 25.6. The van der Waals surface area contributed by atoms with Crippen LogP contribution in [0.2, 0.25) is 0 Å². The molecular formula is C24H21NO4. The quantitative estimate of drug-likeness (QED) is 0.335. The van der Waals surface area contributed by atoms with Gasteiger partial charge in [0.05, 0.1) is 0 Å². The number of aliphatic hydroxyl groups is 1. The molecule has 0 aliphatic carbocycles. The Morgan fingerprint density at radius 2 is 1.21 bits per heavy atom. The molecule has 0 spiro atoms. The number of benzene rings is 3. The van der Waals surface area contributed by atoms with E-state index in [1.807, 2.05) is 72.8 Å². The smallest absolute Gasteiger partial charge is 0.371 e. The van der Waals surface area contributed by atoms with Crippen LogP contribution < -0.4 is 4.90 Å². The maximum Gasteiger partial charge on any atom is 0.371 e. The summed E-state index contributed by atoms with van der Waals surface area (Å²) < 4.78 is 0. The second-order valence-electron chi connectivity index (χ2n) is 6.54. The highest BCUT2D eigenvalue weighted by Gasteiger charge is 2.18. The third kappa shape index (κ3) is 5.32. The first-order chi connectivity index (χ1) is 14.0. The van der Waals surface area contributed by atoms with E-state index < -0.39 is 17.5 Å². The molecule has 0 amide bonds. The van der Waals surface area contributed by atoms with Crippen LogP contribution in [0.25, 0.3) is 0 Å². The monoisotopic (exact) mass is 387 g/mol. The molecule has 0 aliphatic heterocycles. The van der Waals surface area contributed by atoms with Gasteiger partial charge in [0.2, 0.25) is 5.76 Å². The molecule has 0 heterocycles. The van der Waals surface area contributed by atoms with Gasteiger partial charge >= 0.3 is 5.97 Å². The SMILES string of the molecule is O=C(O)C(O)=CC(=O)c1ccccc1N(Cc1ccccc1)Cc1ccccc1. The van der Waals surface area contributed by atoms with E-state index in [-0.39, 0.29) is 0 Å². The lowest BCUT2D eigenvalue weighted by atomic mass is 10.0. The second-order valence-corrected chi connectivity index (χ2v) is 6.54. The molecule has 2 N–H and O–H groups in total. The van der Waals surface area contributed by atoms with Crippen molar-refractivity contribution in [2.24, 2.45) is 0 Å². The first kappa shape index (κ1) is 19.9. The average Bonchev–Trinajstić information content (AvgIpc) is 2.74. The predicted molar refractivity (Wildman–Crippen MR) is 112 cm³/mol. The van der Waals surface area contributed by atoms with Crippen molar-refractivity contribution in [3.8, 4) is 0 Å². The number of rotatable bonds is 8. The molecule has 0 atom stereocenters. The standard InChI is InChI=1S/C24H21NO4/c26-22(15-23(27)24(28)29)20-13-7-8-14-21(20)25(16-18-9-3-1-4-10-18)17-19-11-5-2-6-12-19/h1-15,27H,16-17H2,(H,28,29). The Bertz CT molecular complexity index is 972. The summed E-state index contributed by atoms with van der Waals surface area (Å²) in [6.45, 7) is 1.13. The van der Waals surface area contributed by atoms with Crippen LogP contribution in [0, 0.1) is 0 Å². The number of carboxylic acids is 1. The molecule has 146 valence electrons. The third-order valence-electron chi connectivity index (χ3n) is 4.43. The number of para-hydroxylation sites is 1. The molecule has 0 aromatic heterocycles. The molecule has 5 nitrogen and oxygen atoms in total. The molecule has 0 aliphatic rings. The predicted octanol–water partition coefficient (Wildman–Crippen LogP) is 4.60. The molecule has 29 heavy (non-hydrogen) atoms. The van der Waals surface area contributed by atoms with Gasteiger partial charge < -0.3 is 15.1 Å². The molecular weight excluding hydrogens is 366 g/mol. The summed E-state index contributed by atoms with van der Waals surface area (Å²) >= 11 is 0. The van der Waals surface area contributed by atoms with E-state index in [4.69, 9.17) is 5.11 Å². The third-order valence-corrected chi connectivity index (χ3v) is 4.43. The molecule has 0 fully saturated rings. The highest BCUT2D eigenvalue weighted by molar-refractivity contribution is 6.11. The van der Waals surface area contributed by atoms with Gasteiger partial charge in [0.1, 0.15) is 0 Å². The fraction of sp³-hybridized carbons (Fsp3) is 0.0833. The number of carbonyl (C=O) groups excluding carboxylic acids is 1. The van der Waals surface area contributed by atoms with Crippen LogP contribution >= 0.6 is 0 Å². The van der Waals surface area contributed by atoms with Gasteiger partial charge in [-0.05, 0) is 23.3 Å². The lowest BCUT2D eigenvalue weighted by Crippen LogP contribution is -2.24. The molecule has 0 bridgehead atoms. The topological polar surface area (TPSA) is 77.8 Å². The van der Waals surface area contributed by atoms with Crippen LogP contribution in [0.4, 0.5) is 5.69 Å². The Morgan fingerprint density at radius 3 is 1.72 bits per heavy atom. The van der Waals surface area contributed by atoms with Gasteiger partial charge in [-0.15, -0.1) is 0 Å². The molecule has 3 rings (SSSR count). The van der Waals surface area contributed by atoms with Crippen molar-refractivity contribution in [3.63, 3.8) is 0 Å². The summed E-state index contributed by atoms with van der Waals surface area (Å²) in [7, 11) is 0. The zero-order chi connectivity index (χ0) is 20.6. The molecule has 0 saturated carbocycles. The van der Waals surface area contributed by atoms with Gasteiger partial charge in [0.25, 0.3) is 0 Å². The van der Waals surface area contributed by atoms with Gasteiger partial charge in [-0.3, -0.25) is 4.79 Å². The number of hydrogen-bond donors (Lipinski definition) is 2. The van der Waals surface area contributed by atoms with E-state index in [9.17, 15) is 14.7 Å². The normalized spacial score (nSPS) is 11.1. The number of anilines is 1. The Morgan fingerprint density at radius 1 is 0.724 bits per heavy atom. The Kier molecular flexibility index (Phi) is 6.43. The van der Waals surface area contributed by atoms with Gasteiger partial charge in [-0.2, -0.15) is 0 Å². The minimum atomic E-state index is -1.54. The van der Waals surface area contributed by atoms with Crippen molar-refractivity contribution in [3.05, 3.63) is 113 Å². The summed E-state index contributed by atoms with van der Waals surface area (Å²) in [6.07, 6.45) is 0.740. The minimum absolute atomic E-state index is 0.326. The van der Waals surface area contributed by atoms with Crippen molar-refractivity contribution in [1.82, 2.24) is 0 Å². The largest absolute Gasteiger partial charge is 0.502 e. The molecule has 0 unspecified atom stereocenters. The first-order valence-corrected chi connectivity index (χ1v) is 9.14. The van der Waals surface area contributed by atoms with Crippen LogP contribution in [-0.2, 0) is 17.9 Å². The van der Waals surface area contributed by atoms with Crippen molar-refractivity contribution in [2.45, 2.75) is 13.1 Å². The number of nitrogens with zero attached hydrogens (tertiary/aromatic N) is 1. The first-order valence-electron chi connectivity index (χ1n) is 9.14. The highest BCUT2D eigenvalue weighted by Crippen LogP contribution is 2.25. The van der Waals surface area contributed by atoms with Crippen molar-refractivity contribution in [1.29, 1.82) is 0 Å². The van der Waals surface area contributed by atoms with Gasteiger partial charge in [0, 0.05) is 30.4 Å².